The zero-order valence-electron chi connectivity index (χ0n) is 15.1. The van der Waals surface area contributed by atoms with Gasteiger partial charge in [-0.15, -0.1) is 0 Å². The lowest BCUT2D eigenvalue weighted by atomic mass is 9.97. The van der Waals surface area contributed by atoms with Gasteiger partial charge in [-0.2, -0.15) is 0 Å². The molecular weight excluding hydrogens is 328 g/mol. The Bertz CT molecular complexity index is 757. The van der Waals surface area contributed by atoms with Crippen molar-refractivity contribution in [3.63, 3.8) is 0 Å². The first-order chi connectivity index (χ1) is 12.6. The summed E-state index contributed by atoms with van der Waals surface area (Å²) >= 11 is 0. The number of carbonyl (C=O) groups is 2. The molecule has 5 heteroatoms. The van der Waals surface area contributed by atoms with Crippen LogP contribution in [-0.4, -0.2) is 36.4 Å². The summed E-state index contributed by atoms with van der Waals surface area (Å²) in [5.41, 5.74) is 2.02. The highest BCUT2D eigenvalue weighted by molar-refractivity contribution is 5.90. The number of nitrogens with zero attached hydrogens (tertiary/aromatic N) is 1. The lowest BCUT2D eigenvalue weighted by molar-refractivity contribution is -0.145. The molecule has 1 fully saturated rings. The minimum absolute atomic E-state index is 0.0854. The first-order valence-electron chi connectivity index (χ1n) is 8.91. The van der Waals surface area contributed by atoms with Crippen LogP contribution in [0.25, 0.3) is 0 Å². The Kier molecular flexibility index (Phi) is 5.56. The van der Waals surface area contributed by atoms with Crippen LogP contribution in [0.5, 0.6) is 5.75 Å². The van der Waals surface area contributed by atoms with Crippen molar-refractivity contribution >= 4 is 11.8 Å². The van der Waals surface area contributed by atoms with E-state index in [2.05, 4.69) is 19.2 Å². The molecule has 1 N–H and O–H groups in total. The number of hydrogen-bond donors (Lipinski definition) is 1. The van der Waals surface area contributed by atoms with Crippen molar-refractivity contribution in [2.45, 2.75) is 25.8 Å². The van der Waals surface area contributed by atoms with Crippen LogP contribution in [0.15, 0.2) is 54.6 Å². The molecule has 0 saturated carbocycles. The Labute approximate surface area is 154 Å². The summed E-state index contributed by atoms with van der Waals surface area (Å²) < 4.78 is 5.57. The van der Waals surface area contributed by atoms with Crippen LogP contribution in [0, 0.1) is 0 Å². The topological polar surface area (TPSA) is 58.6 Å². The van der Waals surface area contributed by atoms with Crippen LogP contribution >= 0.6 is 0 Å². The summed E-state index contributed by atoms with van der Waals surface area (Å²) in [7, 11) is 0. The number of carbonyl (C=O) groups excluding carboxylic acids is 2. The zero-order valence-corrected chi connectivity index (χ0v) is 15.1. The summed E-state index contributed by atoms with van der Waals surface area (Å²) in [5, 5.41) is 2.85. The van der Waals surface area contributed by atoms with E-state index in [9.17, 15) is 9.59 Å². The van der Waals surface area contributed by atoms with Crippen LogP contribution in [0.3, 0.4) is 0 Å². The van der Waals surface area contributed by atoms with Gasteiger partial charge in [0.05, 0.1) is 0 Å². The molecule has 1 saturated heterocycles. The van der Waals surface area contributed by atoms with E-state index in [4.69, 9.17) is 4.74 Å². The number of hydrogen-bond acceptors (Lipinski definition) is 3. The van der Waals surface area contributed by atoms with E-state index in [1.54, 1.807) is 17.0 Å². The summed E-state index contributed by atoms with van der Waals surface area (Å²) in [6.45, 7) is 5.09. The van der Waals surface area contributed by atoms with Gasteiger partial charge in [-0.1, -0.05) is 56.3 Å². The van der Waals surface area contributed by atoms with Crippen LogP contribution in [0.2, 0.25) is 0 Å². The summed E-state index contributed by atoms with van der Waals surface area (Å²) in [4.78, 5) is 26.8. The van der Waals surface area contributed by atoms with Crippen molar-refractivity contribution in [2.24, 2.45) is 0 Å². The van der Waals surface area contributed by atoms with E-state index in [1.165, 1.54) is 5.56 Å². The third-order valence-electron chi connectivity index (χ3n) is 4.56. The average molecular weight is 352 g/mol. The van der Waals surface area contributed by atoms with E-state index in [-0.39, 0.29) is 18.4 Å². The summed E-state index contributed by atoms with van der Waals surface area (Å²) in [6, 6.07) is 16.5. The Hall–Kier alpha value is -2.82. The van der Waals surface area contributed by atoms with Crippen molar-refractivity contribution in [3.8, 4) is 5.75 Å². The van der Waals surface area contributed by atoms with Gasteiger partial charge in [-0.3, -0.25) is 9.59 Å². The number of benzene rings is 2. The average Bonchev–Trinajstić information content (AvgIpc) is 2.67. The predicted molar refractivity (Wildman–Crippen MR) is 99.9 cm³/mol. The van der Waals surface area contributed by atoms with E-state index in [0.717, 1.165) is 5.56 Å². The number of amides is 2. The quantitative estimate of drug-likeness (QED) is 0.900. The lowest BCUT2D eigenvalue weighted by Crippen LogP contribution is -2.53. The van der Waals surface area contributed by atoms with Crippen molar-refractivity contribution < 1.29 is 14.3 Å². The fourth-order valence-electron chi connectivity index (χ4n) is 3.07. The molecule has 3 rings (SSSR count). The van der Waals surface area contributed by atoms with Crippen LogP contribution in [-0.2, 0) is 9.59 Å². The number of nitrogens with one attached hydrogen (secondary N) is 1. The van der Waals surface area contributed by atoms with Crippen molar-refractivity contribution in [2.75, 3.05) is 19.7 Å². The summed E-state index contributed by atoms with van der Waals surface area (Å²) in [5.74, 6) is 0.713. The van der Waals surface area contributed by atoms with E-state index in [1.807, 2.05) is 42.5 Å². The molecule has 136 valence electrons. The van der Waals surface area contributed by atoms with Gasteiger partial charge in [-0.25, -0.2) is 0 Å². The Morgan fingerprint density at radius 3 is 2.50 bits per heavy atom. The maximum atomic E-state index is 12.7. The van der Waals surface area contributed by atoms with Crippen molar-refractivity contribution in [1.82, 2.24) is 10.2 Å². The smallest absolute Gasteiger partial charge is 0.261 e. The SMILES string of the molecule is CC(C)c1ccc(C2C(=O)NCCN2C(=O)COc2ccccc2)cc1. The van der Waals surface area contributed by atoms with Gasteiger partial charge < -0.3 is 15.0 Å². The maximum Gasteiger partial charge on any atom is 0.261 e. The number of ether oxygens (including phenoxy) is 1. The molecule has 1 heterocycles. The minimum Gasteiger partial charge on any atom is -0.484 e. The Morgan fingerprint density at radius 2 is 1.85 bits per heavy atom. The van der Waals surface area contributed by atoms with Gasteiger partial charge in [0.15, 0.2) is 6.61 Å². The second-order valence-electron chi connectivity index (χ2n) is 6.70. The number of piperazine rings is 1. The predicted octanol–water partition coefficient (Wildman–Crippen LogP) is 2.89. The third kappa shape index (κ3) is 4.04. The fourth-order valence-corrected chi connectivity index (χ4v) is 3.07. The highest BCUT2D eigenvalue weighted by atomic mass is 16.5. The molecule has 0 radical (unpaired) electrons. The lowest BCUT2D eigenvalue weighted by Gasteiger charge is -2.35. The Morgan fingerprint density at radius 1 is 1.15 bits per heavy atom. The first-order valence-corrected chi connectivity index (χ1v) is 8.91. The minimum atomic E-state index is -0.614. The second kappa shape index (κ2) is 8.04. The molecule has 5 nitrogen and oxygen atoms in total. The molecular formula is C21H24N2O3. The highest BCUT2D eigenvalue weighted by Crippen LogP contribution is 2.25. The number of para-hydroxylation sites is 1. The third-order valence-corrected chi connectivity index (χ3v) is 4.56. The Balaban J connectivity index is 1.75. The van der Waals surface area contributed by atoms with E-state index >= 15 is 0 Å². The van der Waals surface area contributed by atoms with Crippen LogP contribution in [0.4, 0.5) is 0 Å². The molecule has 2 amide bonds. The molecule has 0 spiro atoms. The molecule has 0 aliphatic carbocycles. The largest absolute Gasteiger partial charge is 0.484 e. The zero-order chi connectivity index (χ0) is 18.5. The molecule has 0 bridgehead atoms. The molecule has 1 aliphatic rings. The molecule has 2 aromatic carbocycles. The second-order valence-corrected chi connectivity index (χ2v) is 6.70. The molecule has 2 aromatic rings. The normalized spacial score (nSPS) is 17.1. The molecule has 1 atom stereocenters. The van der Waals surface area contributed by atoms with Gasteiger partial charge in [0.1, 0.15) is 11.8 Å². The van der Waals surface area contributed by atoms with E-state index in [0.29, 0.717) is 24.8 Å². The van der Waals surface area contributed by atoms with Gasteiger partial charge in [-0.05, 0) is 29.2 Å². The summed E-state index contributed by atoms with van der Waals surface area (Å²) in [6.07, 6.45) is 0. The number of rotatable bonds is 5. The molecule has 1 aliphatic heterocycles. The van der Waals surface area contributed by atoms with Gasteiger partial charge in [0.2, 0.25) is 5.91 Å². The van der Waals surface area contributed by atoms with Crippen molar-refractivity contribution in [1.29, 1.82) is 0 Å². The van der Waals surface area contributed by atoms with Gasteiger partial charge in [0.25, 0.3) is 5.91 Å². The molecule has 1 unspecified atom stereocenters. The monoisotopic (exact) mass is 352 g/mol. The standard InChI is InChI=1S/C21H24N2O3/c1-15(2)16-8-10-17(11-9-16)20-21(25)22-12-13-23(20)19(24)14-26-18-6-4-3-5-7-18/h3-11,15,20H,12-14H2,1-2H3,(H,22,25). The molecule has 0 aromatic heterocycles. The maximum absolute atomic E-state index is 12.7. The highest BCUT2D eigenvalue weighted by Gasteiger charge is 2.34. The molecule has 26 heavy (non-hydrogen) atoms. The van der Waals surface area contributed by atoms with Gasteiger partial charge in [0, 0.05) is 13.1 Å². The first kappa shape index (κ1) is 18.0. The van der Waals surface area contributed by atoms with Crippen LogP contribution < -0.4 is 10.1 Å². The van der Waals surface area contributed by atoms with Crippen molar-refractivity contribution in [3.05, 3.63) is 65.7 Å². The fraction of sp³-hybridized carbons (Fsp3) is 0.333. The van der Waals surface area contributed by atoms with Gasteiger partial charge >= 0.3 is 0 Å². The van der Waals surface area contributed by atoms with Crippen LogP contribution in [0.1, 0.15) is 36.9 Å². The van der Waals surface area contributed by atoms with E-state index < -0.39 is 6.04 Å².